The van der Waals surface area contributed by atoms with Gasteiger partial charge in [-0.05, 0) is 43.7 Å². The van der Waals surface area contributed by atoms with E-state index in [1.807, 2.05) is 0 Å². The molecular formula is C21H19ClF3NO7. The van der Waals surface area contributed by atoms with Crippen molar-refractivity contribution in [3.05, 3.63) is 74.8 Å². The van der Waals surface area contributed by atoms with Crippen molar-refractivity contribution in [2.75, 3.05) is 6.61 Å². The Bertz CT molecular complexity index is 1060. The molecule has 178 valence electrons. The summed E-state index contributed by atoms with van der Waals surface area (Å²) in [5, 5.41) is 21.0. The van der Waals surface area contributed by atoms with Crippen LogP contribution in [0.5, 0.6) is 11.5 Å². The summed E-state index contributed by atoms with van der Waals surface area (Å²) in [4.78, 5) is 23.2. The molecule has 0 fully saturated rings. The number of hydrogen-bond acceptors (Lipinski definition) is 7. The van der Waals surface area contributed by atoms with E-state index in [9.17, 15) is 33.2 Å². The van der Waals surface area contributed by atoms with Crippen molar-refractivity contribution in [2.45, 2.75) is 32.4 Å². The number of esters is 1. The molecule has 8 nitrogen and oxygen atoms in total. The van der Waals surface area contributed by atoms with E-state index in [1.54, 1.807) is 6.92 Å². The van der Waals surface area contributed by atoms with Crippen molar-refractivity contribution >= 4 is 23.3 Å². The number of carbonyl (C=O) groups is 1. The van der Waals surface area contributed by atoms with Crippen LogP contribution in [0, 0.1) is 10.1 Å². The first-order chi connectivity index (χ1) is 15.3. The Morgan fingerprint density at radius 2 is 1.94 bits per heavy atom. The molecule has 0 amide bonds. The summed E-state index contributed by atoms with van der Waals surface area (Å²) in [5.41, 5.74) is -1.94. The van der Waals surface area contributed by atoms with Crippen molar-refractivity contribution in [3.63, 3.8) is 0 Å². The standard InChI is InChI=1S/C21H19ClF3NO7/c1-4-31-20(28)18(11(2)3)33-19(27)14-10-13(6-7-16(14)26(29)30)32-17-8-5-12(9-15(17)22)21(23,24)25/h5-10,18,20,28H,2,4H2,1,3H3. The molecule has 1 N–H and O–H groups in total. The van der Waals surface area contributed by atoms with Crippen LogP contribution in [0.1, 0.15) is 29.8 Å². The van der Waals surface area contributed by atoms with Crippen LogP contribution >= 0.6 is 11.6 Å². The van der Waals surface area contributed by atoms with Crippen LogP contribution in [0.2, 0.25) is 5.02 Å². The first-order valence-electron chi connectivity index (χ1n) is 9.34. The number of nitro benzene ring substituents is 1. The fraction of sp³-hybridized carbons (Fsp3) is 0.286. The van der Waals surface area contributed by atoms with Crippen molar-refractivity contribution in [1.29, 1.82) is 0 Å². The highest BCUT2D eigenvalue weighted by Crippen LogP contribution is 2.37. The highest BCUT2D eigenvalue weighted by Gasteiger charge is 2.32. The number of nitro groups is 1. The molecule has 2 aromatic rings. The number of benzene rings is 2. The number of hydrogen-bond donors (Lipinski definition) is 1. The van der Waals surface area contributed by atoms with E-state index in [-0.39, 0.29) is 28.7 Å². The largest absolute Gasteiger partial charge is 0.456 e. The van der Waals surface area contributed by atoms with Crippen LogP contribution in [0.3, 0.4) is 0 Å². The molecule has 0 aliphatic rings. The Balaban J connectivity index is 2.37. The summed E-state index contributed by atoms with van der Waals surface area (Å²) < 4.78 is 54.0. The fourth-order valence-electron chi connectivity index (χ4n) is 2.63. The number of aliphatic hydroxyl groups excluding tert-OH is 1. The average molecular weight is 490 g/mol. The maximum absolute atomic E-state index is 12.8. The Kier molecular flexibility index (Phi) is 8.42. The van der Waals surface area contributed by atoms with Gasteiger partial charge >= 0.3 is 12.1 Å². The molecule has 12 heteroatoms. The van der Waals surface area contributed by atoms with Gasteiger partial charge in [0.25, 0.3) is 5.69 Å². The van der Waals surface area contributed by atoms with Gasteiger partial charge in [0.2, 0.25) is 0 Å². The zero-order valence-electron chi connectivity index (χ0n) is 17.4. The van der Waals surface area contributed by atoms with Crippen LogP contribution in [-0.4, -0.2) is 35.0 Å². The van der Waals surface area contributed by atoms with Gasteiger partial charge in [0.15, 0.2) is 12.4 Å². The van der Waals surface area contributed by atoms with Crippen molar-refractivity contribution in [3.8, 4) is 11.5 Å². The average Bonchev–Trinajstić information content (AvgIpc) is 2.72. The third-order valence-corrected chi connectivity index (χ3v) is 4.48. The Labute approximate surface area is 191 Å². The third-order valence-electron chi connectivity index (χ3n) is 4.19. The van der Waals surface area contributed by atoms with E-state index in [4.69, 9.17) is 25.8 Å². The monoisotopic (exact) mass is 489 g/mol. The zero-order valence-corrected chi connectivity index (χ0v) is 18.1. The lowest BCUT2D eigenvalue weighted by Gasteiger charge is -2.23. The molecular weight excluding hydrogens is 471 g/mol. The molecule has 0 aromatic heterocycles. The van der Waals surface area contributed by atoms with Crippen LogP contribution in [0.25, 0.3) is 0 Å². The first-order valence-corrected chi connectivity index (χ1v) is 9.72. The van der Waals surface area contributed by atoms with E-state index < -0.39 is 46.3 Å². The molecule has 0 radical (unpaired) electrons. The molecule has 0 aliphatic heterocycles. The summed E-state index contributed by atoms with van der Waals surface area (Å²) in [6.45, 7) is 6.75. The van der Waals surface area contributed by atoms with Gasteiger partial charge in [-0.25, -0.2) is 4.79 Å². The molecule has 2 atom stereocenters. The van der Waals surface area contributed by atoms with Crippen LogP contribution in [0.4, 0.5) is 18.9 Å². The lowest BCUT2D eigenvalue weighted by Crippen LogP contribution is -2.34. The summed E-state index contributed by atoms with van der Waals surface area (Å²) >= 11 is 5.86. The molecule has 2 rings (SSSR count). The Morgan fingerprint density at radius 3 is 2.45 bits per heavy atom. The van der Waals surface area contributed by atoms with Gasteiger partial charge in [0.1, 0.15) is 17.1 Å². The van der Waals surface area contributed by atoms with Gasteiger partial charge in [-0.1, -0.05) is 18.2 Å². The molecule has 33 heavy (non-hydrogen) atoms. The summed E-state index contributed by atoms with van der Waals surface area (Å²) in [6, 6.07) is 5.43. The maximum atomic E-state index is 12.8. The van der Waals surface area contributed by atoms with Gasteiger partial charge in [0.05, 0.1) is 15.5 Å². The molecule has 0 saturated carbocycles. The normalized spacial score (nSPS) is 13.2. The van der Waals surface area contributed by atoms with Gasteiger partial charge in [-0.15, -0.1) is 0 Å². The minimum Gasteiger partial charge on any atom is -0.456 e. The van der Waals surface area contributed by atoms with Crippen molar-refractivity contribution in [1.82, 2.24) is 0 Å². The SMILES string of the molecule is C=C(C)C(OC(=O)c1cc(Oc2ccc(C(F)(F)F)cc2Cl)ccc1[N+](=O)[O-])C(O)OCC. The molecule has 2 unspecified atom stereocenters. The Hall–Kier alpha value is -3.15. The molecule has 2 aromatic carbocycles. The predicted octanol–water partition coefficient (Wildman–Crippen LogP) is 5.52. The highest BCUT2D eigenvalue weighted by molar-refractivity contribution is 6.32. The van der Waals surface area contributed by atoms with Crippen molar-refractivity contribution in [2.24, 2.45) is 0 Å². The number of rotatable bonds is 9. The topological polar surface area (TPSA) is 108 Å². The molecule has 0 aliphatic carbocycles. The quantitative estimate of drug-likeness (QED) is 0.162. The molecule has 0 saturated heterocycles. The second-order valence-electron chi connectivity index (χ2n) is 6.70. The zero-order chi connectivity index (χ0) is 24.9. The lowest BCUT2D eigenvalue weighted by molar-refractivity contribution is -0.385. The van der Waals surface area contributed by atoms with E-state index in [0.717, 1.165) is 30.3 Å². The van der Waals surface area contributed by atoms with Crippen LogP contribution in [0.15, 0.2) is 48.6 Å². The van der Waals surface area contributed by atoms with Crippen LogP contribution in [-0.2, 0) is 15.7 Å². The number of halogens is 4. The summed E-state index contributed by atoms with van der Waals surface area (Å²) in [6.07, 6.45) is -7.48. The van der Waals surface area contributed by atoms with E-state index in [1.165, 1.54) is 6.92 Å². The fourth-order valence-corrected chi connectivity index (χ4v) is 2.85. The van der Waals surface area contributed by atoms with Crippen molar-refractivity contribution < 1.29 is 42.2 Å². The number of ether oxygens (including phenoxy) is 3. The highest BCUT2D eigenvalue weighted by atomic mass is 35.5. The second-order valence-corrected chi connectivity index (χ2v) is 7.11. The smallest absolute Gasteiger partial charge is 0.416 e. The number of aliphatic hydroxyl groups is 1. The van der Waals surface area contributed by atoms with Gasteiger partial charge in [-0.2, -0.15) is 13.2 Å². The third kappa shape index (κ3) is 6.67. The van der Waals surface area contributed by atoms with E-state index in [0.29, 0.717) is 6.07 Å². The molecule has 0 bridgehead atoms. The molecule has 0 spiro atoms. The summed E-state index contributed by atoms with van der Waals surface area (Å²) in [7, 11) is 0. The number of nitrogens with zero attached hydrogens (tertiary/aromatic N) is 1. The minimum absolute atomic E-state index is 0.0971. The first kappa shape index (κ1) is 26.1. The minimum atomic E-state index is -4.61. The van der Waals surface area contributed by atoms with Gasteiger partial charge in [-0.3, -0.25) is 10.1 Å². The predicted molar refractivity (Wildman–Crippen MR) is 111 cm³/mol. The summed E-state index contributed by atoms with van der Waals surface area (Å²) in [5.74, 6) is -1.49. The Morgan fingerprint density at radius 1 is 1.27 bits per heavy atom. The van der Waals surface area contributed by atoms with Gasteiger partial charge in [0, 0.05) is 18.7 Å². The van der Waals surface area contributed by atoms with E-state index in [2.05, 4.69) is 6.58 Å². The van der Waals surface area contributed by atoms with Crippen LogP contribution < -0.4 is 4.74 Å². The van der Waals surface area contributed by atoms with Gasteiger partial charge < -0.3 is 19.3 Å². The maximum Gasteiger partial charge on any atom is 0.416 e. The number of carbonyl (C=O) groups excluding carboxylic acids is 1. The number of alkyl halides is 3. The molecule has 0 heterocycles. The second kappa shape index (κ2) is 10.6. The van der Waals surface area contributed by atoms with E-state index >= 15 is 0 Å². The lowest BCUT2D eigenvalue weighted by atomic mass is 10.1.